The summed E-state index contributed by atoms with van der Waals surface area (Å²) in [6.45, 7) is 1.78. The summed E-state index contributed by atoms with van der Waals surface area (Å²) in [6.07, 6.45) is -2.06. The third kappa shape index (κ3) is 33.5. The number of rotatable bonds is 6. The first-order chi connectivity index (χ1) is 14.1. The minimum absolute atomic E-state index is 0. The fourth-order valence-corrected chi connectivity index (χ4v) is 1.53. The minimum atomic E-state index is -1.63. The van der Waals surface area contributed by atoms with Crippen molar-refractivity contribution in [2.24, 2.45) is 0 Å². The van der Waals surface area contributed by atoms with Gasteiger partial charge in [0.25, 0.3) is 0 Å². The third-order valence-corrected chi connectivity index (χ3v) is 2.84. The molecule has 0 unspecified atom stereocenters. The fourth-order valence-electron chi connectivity index (χ4n) is 1.53. The van der Waals surface area contributed by atoms with Crippen molar-refractivity contribution in [2.45, 2.75) is 25.9 Å². The van der Waals surface area contributed by atoms with E-state index in [-0.39, 0.29) is 28.0 Å². The van der Waals surface area contributed by atoms with E-state index in [1.54, 1.807) is 0 Å². The molecule has 0 aliphatic heterocycles. The number of hydrogen-bond acceptors (Lipinski definition) is 8. The van der Waals surface area contributed by atoms with Gasteiger partial charge in [-0.25, -0.2) is 0 Å². The van der Waals surface area contributed by atoms with Crippen LogP contribution in [0.3, 0.4) is 0 Å². The van der Waals surface area contributed by atoms with Gasteiger partial charge >= 0.3 is 17.1 Å². The summed E-state index contributed by atoms with van der Waals surface area (Å²) >= 11 is 0. The van der Waals surface area contributed by atoms with Crippen molar-refractivity contribution in [3.63, 3.8) is 0 Å². The average molecular weight is 520 g/mol. The van der Waals surface area contributed by atoms with Gasteiger partial charge < -0.3 is 62.0 Å². The predicted molar refractivity (Wildman–Crippen MR) is 103 cm³/mol. The Kier molecular flexibility index (Phi) is 32.4. The minimum Gasteiger partial charge on any atom is -0.550 e. The molecule has 10 N–H and O–H groups in total. The molecular formula is C20H28CuN2O10. The van der Waals surface area contributed by atoms with Crippen molar-refractivity contribution in [2.75, 3.05) is 0 Å². The summed E-state index contributed by atoms with van der Waals surface area (Å²) in [5.74, 6) is -6.50. The van der Waals surface area contributed by atoms with Gasteiger partial charge in [-0.05, 0) is 0 Å². The van der Waals surface area contributed by atoms with Crippen LogP contribution in [0.4, 0.5) is 0 Å². The number of carboxylic acids is 4. The molecule has 0 bridgehead atoms. The first-order valence-corrected chi connectivity index (χ1v) is 8.58. The van der Waals surface area contributed by atoms with Crippen LogP contribution in [0.1, 0.15) is 24.0 Å². The van der Waals surface area contributed by atoms with Crippen LogP contribution in [0.2, 0.25) is 0 Å². The van der Waals surface area contributed by atoms with Crippen LogP contribution >= 0.6 is 0 Å². The standard InChI is InChI=1S/2C7H9N.2C3H4O4.Cu.2H2O/c2*8-6-7-4-2-1-3-5-7;2*4-2(5)1-3(6)7;;;/h2*1-5H,6,8H2;2*1H2,(H,4,5)(H,6,7);;2*1H2/q;;;;+2;;/p-2. The zero-order chi connectivity index (χ0) is 23.4. The van der Waals surface area contributed by atoms with E-state index in [0.29, 0.717) is 0 Å². The predicted octanol–water partition coefficient (Wildman–Crippen LogP) is -7.04. The molecule has 189 valence electrons. The van der Waals surface area contributed by atoms with E-state index in [1.807, 2.05) is 36.4 Å². The number of carbonyl (C=O) groups is 4. The molecule has 12 nitrogen and oxygen atoms in total. The van der Waals surface area contributed by atoms with Crippen molar-refractivity contribution < 1.29 is 79.1 Å². The fraction of sp³-hybridized carbons (Fsp3) is 0.200. The van der Waals surface area contributed by atoms with E-state index in [2.05, 4.69) is 35.7 Å². The molecule has 0 heterocycles. The summed E-state index contributed by atoms with van der Waals surface area (Å²) in [5.41, 5.74) is 10.1. The third-order valence-electron chi connectivity index (χ3n) is 2.84. The molecule has 0 fully saturated rings. The number of benzene rings is 2. The van der Waals surface area contributed by atoms with Gasteiger partial charge in [0.1, 0.15) is 0 Å². The molecule has 2 aromatic carbocycles. The van der Waals surface area contributed by atoms with Gasteiger partial charge in [0, 0.05) is 47.8 Å². The maximum absolute atomic E-state index is 9.28. The van der Waals surface area contributed by atoms with Gasteiger partial charge in [-0.15, -0.1) is 0 Å². The molecule has 0 aromatic heterocycles. The maximum atomic E-state index is 9.28. The Morgan fingerprint density at radius 2 is 0.758 bits per heavy atom. The Morgan fingerprint density at radius 1 is 0.545 bits per heavy atom. The average Bonchev–Trinajstić information content (AvgIpc) is 2.68. The van der Waals surface area contributed by atoms with Gasteiger partial charge in [0.2, 0.25) is 0 Å². The van der Waals surface area contributed by atoms with Crippen LogP contribution in [0.15, 0.2) is 60.7 Å². The topological polar surface area (TPSA) is 279 Å². The van der Waals surface area contributed by atoms with E-state index in [4.69, 9.17) is 0 Å². The molecule has 0 amide bonds. The van der Waals surface area contributed by atoms with Gasteiger partial charge in [0.05, 0.1) is 13.1 Å². The Bertz CT molecular complexity index is 672. The zero-order valence-corrected chi connectivity index (χ0v) is 18.5. The van der Waals surface area contributed by atoms with Crippen molar-refractivity contribution in [3.05, 3.63) is 71.8 Å². The Labute approximate surface area is 200 Å². The zero-order valence-electron chi connectivity index (χ0n) is 17.6. The quantitative estimate of drug-likeness (QED) is 0.272. The molecule has 0 saturated carbocycles. The number of carboxylic acid groups (broad SMARTS) is 4. The molecular weight excluding hydrogens is 492 g/mol. The smallest absolute Gasteiger partial charge is 0.550 e. The maximum Gasteiger partial charge on any atom is 2.00 e. The number of quaternary nitrogens is 2. The van der Waals surface area contributed by atoms with E-state index < -0.39 is 36.7 Å². The molecule has 0 spiro atoms. The van der Waals surface area contributed by atoms with Crippen LogP contribution in [0, 0.1) is 0 Å². The summed E-state index contributed by atoms with van der Waals surface area (Å²) in [4.78, 5) is 37.1. The molecule has 0 aliphatic carbocycles. The number of carbonyl (C=O) groups excluding carboxylic acids is 4. The van der Waals surface area contributed by atoms with Gasteiger partial charge in [-0.3, -0.25) is 0 Å². The van der Waals surface area contributed by atoms with E-state index in [0.717, 1.165) is 13.1 Å². The van der Waals surface area contributed by atoms with Gasteiger partial charge in [0.15, 0.2) is 0 Å². The van der Waals surface area contributed by atoms with Crippen molar-refractivity contribution in [1.82, 2.24) is 0 Å². The molecule has 2 aromatic rings. The van der Waals surface area contributed by atoms with Crippen molar-refractivity contribution >= 4 is 23.9 Å². The molecule has 2 rings (SSSR count). The first kappa shape index (κ1) is 40.1. The van der Waals surface area contributed by atoms with Crippen LogP contribution in [-0.4, -0.2) is 34.8 Å². The van der Waals surface area contributed by atoms with E-state index >= 15 is 0 Å². The molecule has 13 heteroatoms. The summed E-state index contributed by atoms with van der Waals surface area (Å²) in [7, 11) is 0. The van der Waals surface area contributed by atoms with E-state index in [1.165, 1.54) is 11.1 Å². The van der Waals surface area contributed by atoms with Crippen LogP contribution < -0.4 is 31.9 Å². The van der Waals surface area contributed by atoms with Crippen LogP contribution in [0.5, 0.6) is 0 Å². The van der Waals surface area contributed by atoms with Gasteiger partial charge in [-0.1, -0.05) is 60.7 Å². The normalized spacial score (nSPS) is 7.82. The van der Waals surface area contributed by atoms with Crippen molar-refractivity contribution in [3.8, 4) is 0 Å². The second-order valence-corrected chi connectivity index (χ2v) is 5.31. The largest absolute Gasteiger partial charge is 2.00 e. The Morgan fingerprint density at radius 3 is 0.848 bits per heavy atom. The second kappa shape index (κ2) is 26.7. The summed E-state index contributed by atoms with van der Waals surface area (Å²) in [6, 6.07) is 20.4. The van der Waals surface area contributed by atoms with E-state index in [9.17, 15) is 39.6 Å². The Balaban J connectivity index is -0.000000103. The van der Waals surface area contributed by atoms with Crippen molar-refractivity contribution in [1.29, 1.82) is 0 Å². The second-order valence-electron chi connectivity index (χ2n) is 5.31. The van der Waals surface area contributed by atoms with Gasteiger partial charge in [-0.2, -0.15) is 0 Å². The molecule has 0 aliphatic rings. The van der Waals surface area contributed by atoms with Crippen LogP contribution in [0.25, 0.3) is 0 Å². The molecule has 0 atom stereocenters. The monoisotopic (exact) mass is 519 g/mol. The molecule has 0 saturated heterocycles. The molecule has 1 radical (unpaired) electrons. The summed E-state index contributed by atoms with van der Waals surface area (Å²) in [5, 5.41) is 37.1. The number of aliphatic carboxylic acids is 4. The number of hydrogen-bond donors (Lipinski definition) is 2. The van der Waals surface area contributed by atoms with Crippen LogP contribution in [-0.2, 0) is 49.3 Å². The summed E-state index contributed by atoms with van der Waals surface area (Å²) < 4.78 is 0. The molecule has 33 heavy (non-hydrogen) atoms. The Hall–Kier alpha value is -3.32. The first-order valence-electron chi connectivity index (χ1n) is 8.58. The SMILES string of the molecule is O.O.O=C([O-])CC(=O)[O-].O=C([O-])CC(=O)[O-].[Cu+2].[NH3+]Cc1ccccc1.[NH3+]Cc1ccccc1.